The minimum absolute atomic E-state index is 0.124. The molecule has 0 spiro atoms. The van der Waals surface area contributed by atoms with E-state index in [2.05, 4.69) is 10.6 Å². The van der Waals surface area contributed by atoms with Gasteiger partial charge in [-0.3, -0.25) is 4.79 Å². The molecule has 0 saturated heterocycles. The molecule has 0 fully saturated rings. The summed E-state index contributed by atoms with van der Waals surface area (Å²) < 4.78 is -1.82. The van der Waals surface area contributed by atoms with E-state index in [1.165, 1.54) is 24.3 Å². The molecule has 3 N–H and O–H groups in total. The number of alkyl halides is 3. The van der Waals surface area contributed by atoms with Crippen LogP contribution in [0.2, 0.25) is 0 Å². The van der Waals surface area contributed by atoms with Gasteiger partial charge in [-0.05, 0) is 36.4 Å². The largest absolute Gasteiger partial charge is 0.478 e. The van der Waals surface area contributed by atoms with Gasteiger partial charge in [-0.15, -0.1) is 0 Å². The van der Waals surface area contributed by atoms with Gasteiger partial charge in [0.05, 0.1) is 5.56 Å². The lowest BCUT2D eigenvalue weighted by atomic mass is 10.2. The molecule has 1 amide bonds. The predicted molar refractivity (Wildman–Crippen MR) is 95.0 cm³/mol. The van der Waals surface area contributed by atoms with Crippen molar-refractivity contribution in [2.75, 3.05) is 5.32 Å². The number of hydrogen-bond donors (Lipinski definition) is 3. The number of rotatable bonds is 5. The molecule has 0 aromatic heterocycles. The highest BCUT2D eigenvalue weighted by atomic mass is 35.6. The smallest absolute Gasteiger partial charge is 0.335 e. The summed E-state index contributed by atoms with van der Waals surface area (Å²) in [5.41, 5.74) is 1.03. The van der Waals surface area contributed by atoms with Gasteiger partial charge in [0.15, 0.2) is 0 Å². The van der Waals surface area contributed by atoms with Crippen LogP contribution in [0.4, 0.5) is 5.69 Å². The van der Waals surface area contributed by atoms with Crippen LogP contribution in [0, 0.1) is 0 Å². The molecule has 2 aromatic rings. The summed E-state index contributed by atoms with van der Waals surface area (Å²) in [5, 5.41) is 14.4. The molecule has 5 nitrogen and oxygen atoms in total. The van der Waals surface area contributed by atoms with Gasteiger partial charge >= 0.3 is 5.97 Å². The van der Waals surface area contributed by atoms with Gasteiger partial charge in [-0.1, -0.05) is 53.0 Å². The fourth-order valence-corrected chi connectivity index (χ4v) is 2.21. The van der Waals surface area contributed by atoms with Gasteiger partial charge in [0.25, 0.3) is 5.91 Å². The second-order valence-corrected chi connectivity index (χ2v) is 7.21. The highest BCUT2D eigenvalue weighted by Gasteiger charge is 2.34. The average Bonchev–Trinajstić information content (AvgIpc) is 2.54. The van der Waals surface area contributed by atoms with Crippen LogP contribution in [0.3, 0.4) is 0 Å². The first-order chi connectivity index (χ1) is 11.3. The van der Waals surface area contributed by atoms with Crippen LogP contribution in [0.1, 0.15) is 20.7 Å². The lowest BCUT2D eigenvalue weighted by molar-refractivity contribution is 0.0696. The van der Waals surface area contributed by atoms with Crippen molar-refractivity contribution < 1.29 is 14.7 Å². The fourth-order valence-electron chi connectivity index (χ4n) is 1.88. The van der Waals surface area contributed by atoms with Gasteiger partial charge in [0, 0.05) is 11.3 Å². The van der Waals surface area contributed by atoms with E-state index in [0.29, 0.717) is 11.3 Å². The molecule has 2 aromatic carbocycles. The Morgan fingerprint density at radius 2 is 1.50 bits per heavy atom. The Labute approximate surface area is 153 Å². The zero-order valence-electron chi connectivity index (χ0n) is 12.2. The van der Waals surface area contributed by atoms with Crippen LogP contribution in [-0.4, -0.2) is 26.9 Å². The Morgan fingerprint density at radius 3 is 2.00 bits per heavy atom. The minimum Gasteiger partial charge on any atom is -0.478 e. The molecular weight excluding hydrogens is 375 g/mol. The average molecular weight is 388 g/mol. The predicted octanol–water partition coefficient (Wildman–Crippen LogP) is 3.92. The van der Waals surface area contributed by atoms with Gasteiger partial charge in [0.2, 0.25) is 3.79 Å². The van der Waals surface area contributed by atoms with Crippen molar-refractivity contribution in [2.24, 2.45) is 0 Å². The molecule has 1 atom stereocenters. The van der Waals surface area contributed by atoms with Crippen LogP contribution >= 0.6 is 34.8 Å². The van der Waals surface area contributed by atoms with Crippen LogP contribution in [0.15, 0.2) is 54.6 Å². The molecule has 0 heterocycles. The third-order valence-corrected chi connectivity index (χ3v) is 3.74. The maximum absolute atomic E-state index is 12.2. The molecule has 0 aliphatic carbocycles. The van der Waals surface area contributed by atoms with Crippen molar-refractivity contribution in [3.8, 4) is 0 Å². The molecule has 0 aliphatic rings. The molecule has 2 rings (SSSR count). The number of nitrogens with one attached hydrogen (secondary N) is 2. The summed E-state index contributed by atoms with van der Waals surface area (Å²) in [6.07, 6.45) is -1.02. The number of carbonyl (C=O) groups excluding carboxylic acids is 1. The monoisotopic (exact) mass is 386 g/mol. The second kappa shape index (κ2) is 7.75. The van der Waals surface area contributed by atoms with Crippen LogP contribution in [0.25, 0.3) is 0 Å². The number of carboxylic acids is 1. The fraction of sp³-hybridized carbons (Fsp3) is 0.125. The summed E-state index contributed by atoms with van der Waals surface area (Å²) in [7, 11) is 0. The summed E-state index contributed by atoms with van der Waals surface area (Å²) in [6, 6.07) is 14.3. The maximum atomic E-state index is 12.2. The van der Waals surface area contributed by atoms with Crippen molar-refractivity contribution in [3.05, 3.63) is 65.7 Å². The molecule has 0 saturated carbocycles. The first-order valence-electron chi connectivity index (χ1n) is 6.80. The normalized spacial score (nSPS) is 12.3. The Bertz CT molecular complexity index is 716. The van der Waals surface area contributed by atoms with E-state index in [1.807, 2.05) is 0 Å². The standard InChI is InChI=1S/C16H13Cl3N2O3/c17-16(18,19)15(21-13(22)10-4-2-1-3-5-10)20-12-8-6-11(7-9-12)14(23)24/h1-9,15,20H,(H,21,22)(H,23,24)/t15-/m0/s1. The number of halogens is 3. The quantitative estimate of drug-likeness (QED) is 0.537. The van der Waals surface area contributed by atoms with E-state index in [9.17, 15) is 9.59 Å². The Balaban J connectivity index is 2.14. The van der Waals surface area contributed by atoms with E-state index in [0.717, 1.165) is 0 Å². The molecular formula is C16H13Cl3N2O3. The van der Waals surface area contributed by atoms with Crippen LogP contribution in [0.5, 0.6) is 0 Å². The number of aromatic carboxylic acids is 1. The third kappa shape index (κ3) is 5.03. The summed E-state index contributed by atoms with van der Waals surface area (Å²) >= 11 is 17.8. The van der Waals surface area contributed by atoms with E-state index in [-0.39, 0.29) is 5.56 Å². The maximum Gasteiger partial charge on any atom is 0.335 e. The van der Waals surface area contributed by atoms with Crippen molar-refractivity contribution in [1.29, 1.82) is 0 Å². The van der Waals surface area contributed by atoms with Crippen molar-refractivity contribution >= 4 is 52.4 Å². The van der Waals surface area contributed by atoms with Crippen molar-refractivity contribution in [2.45, 2.75) is 9.96 Å². The van der Waals surface area contributed by atoms with Crippen LogP contribution < -0.4 is 10.6 Å². The molecule has 24 heavy (non-hydrogen) atoms. The molecule has 0 radical (unpaired) electrons. The Morgan fingerprint density at radius 1 is 0.917 bits per heavy atom. The molecule has 0 aliphatic heterocycles. The van der Waals surface area contributed by atoms with Gasteiger partial charge in [-0.2, -0.15) is 0 Å². The summed E-state index contributed by atoms with van der Waals surface area (Å²) in [4.78, 5) is 23.1. The Kier molecular flexibility index (Phi) is 5.94. The van der Waals surface area contributed by atoms with Crippen molar-refractivity contribution in [3.63, 3.8) is 0 Å². The van der Waals surface area contributed by atoms with Crippen molar-refractivity contribution in [1.82, 2.24) is 5.32 Å². The number of benzene rings is 2. The lowest BCUT2D eigenvalue weighted by Crippen LogP contribution is -2.49. The zero-order chi connectivity index (χ0) is 17.7. The molecule has 8 heteroatoms. The van der Waals surface area contributed by atoms with Gasteiger partial charge in [0.1, 0.15) is 6.17 Å². The first-order valence-corrected chi connectivity index (χ1v) is 7.93. The lowest BCUT2D eigenvalue weighted by Gasteiger charge is -2.27. The first kappa shape index (κ1) is 18.4. The zero-order valence-corrected chi connectivity index (χ0v) is 14.4. The number of amides is 1. The topological polar surface area (TPSA) is 78.4 Å². The summed E-state index contributed by atoms with van der Waals surface area (Å²) in [5.74, 6) is -1.46. The minimum atomic E-state index is -1.82. The highest BCUT2D eigenvalue weighted by Crippen LogP contribution is 2.31. The molecule has 0 unspecified atom stereocenters. The molecule has 0 bridgehead atoms. The SMILES string of the molecule is O=C(O)c1ccc(N[C@@H](NC(=O)c2ccccc2)C(Cl)(Cl)Cl)cc1. The van der Waals surface area contributed by atoms with E-state index >= 15 is 0 Å². The van der Waals surface area contributed by atoms with Gasteiger partial charge < -0.3 is 15.7 Å². The molecule has 126 valence electrons. The third-order valence-electron chi connectivity index (χ3n) is 3.08. The second-order valence-electron chi connectivity index (χ2n) is 4.84. The van der Waals surface area contributed by atoms with Crippen LogP contribution in [-0.2, 0) is 0 Å². The number of anilines is 1. The van der Waals surface area contributed by atoms with Gasteiger partial charge in [-0.25, -0.2) is 4.79 Å². The summed E-state index contributed by atoms with van der Waals surface area (Å²) in [6.45, 7) is 0. The highest BCUT2D eigenvalue weighted by molar-refractivity contribution is 6.68. The number of carbonyl (C=O) groups is 2. The van der Waals surface area contributed by atoms with E-state index in [1.54, 1.807) is 30.3 Å². The Hall–Kier alpha value is -1.95. The number of carboxylic acid groups (broad SMARTS) is 1. The van der Waals surface area contributed by atoms with E-state index in [4.69, 9.17) is 39.9 Å². The number of hydrogen-bond acceptors (Lipinski definition) is 3. The van der Waals surface area contributed by atoms with E-state index < -0.39 is 21.8 Å².